The first-order valence-corrected chi connectivity index (χ1v) is 7.48. The van der Waals surface area contributed by atoms with Gasteiger partial charge < -0.3 is 10.7 Å². The summed E-state index contributed by atoms with van der Waals surface area (Å²) in [5, 5.41) is 2.49. The van der Waals surface area contributed by atoms with Crippen molar-refractivity contribution >= 4 is 10.8 Å². The Labute approximate surface area is 124 Å². The smallest absolute Gasteiger partial charge is 0.126 e. The summed E-state index contributed by atoms with van der Waals surface area (Å²) in [5.74, 6) is 1.46. The Morgan fingerprint density at radius 3 is 2.67 bits per heavy atom. The van der Waals surface area contributed by atoms with Crippen LogP contribution in [0.15, 0.2) is 48.7 Å². The Kier molecular flexibility index (Phi) is 2.66. The Balaban J connectivity index is 1.73. The van der Waals surface area contributed by atoms with Crippen LogP contribution in [0.1, 0.15) is 25.6 Å². The van der Waals surface area contributed by atoms with Crippen molar-refractivity contribution in [2.45, 2.75) is 25.3 Å². The van der Waals surface area contributed by atoms with Crippen molar-refractivity contribution in [3.63, 3.8) is 0 Å². The summed E-state index contributed by atoms with van der Waals surface area (Å²) in [6.07, 6.45) is 4.31. The van der Waals surface area contributed by atoms with Gasteiger partial charge in [0.2, 0.25) is 0 Å². The monoisotopic (exact) mass is 277 g/mol. The van der Waals surface area contributed by atoms with Crippen LogP contribution in [0.5, 0.6) is 0 Å². The van der Waals surface area contributed by atoms with Crippen LogP contribution < -0.4 is 5.73 Å². The number of aromatic nitrogens is 2. The van der Waals surface area contributed by atoms with Gasteiger partial charge in [-0.05, 0) is 42.5 Å². The maximum Gasteiger partial charge on any atom is 0.126 e. The molecule has 0 aliphatic heterocycles. The molecule has 1 aliphatic carbocycles. The molecule has 106 valence electrons. The minimum atomic E-state index is -0.338. The van der Waals surface area contributed by atoms with Crippen LogP contribution in [0.4, 0.5) is 0 Å². The number of fused-ring (bicyclic) bond motifs is 1. The Bertz CT molecular complexity index is 797. The average Bonchev–Trinajstić information content (AvgIpc) is 3.24. The summed E-state index contributed by atoms with van der Waals surface area (Å²) in [7, 11) is 0. The predicted octanol–water partition coefficient (Wildman–Crippen LogP) is 3.81. The van der Waals surface area contributed by atoms with Crippen LogP contribution in [-0.2, 0) is 5.54 Å². The molecule has 0 bridgehead atoms. The van der Waals surface area contributed by atoms with Gasteiger partial charge in [0.15, 0.2) is 0 Å². The molecular formula is C18H19N3. The lowest BCUT2D eigenvalue weighted by Crippen LogP contribution is -2.36. The van der Waals surface area contributed by atoms with Crippen molar-refractivity contribution in [1.29, 1.82) is 0 Å². The first kappa shape index (κ1) is 12.6. The van der Waals surface area contributed by atoms with Gasteiger partial charge in [-0.1, -0.05) is 36.4 Å². The van der Waals surface area contributed by atoms with Gasteiger partial charge in [0.05, 0.1) is 17.4 Å². The van der Waals surface area contributed by atoms with Crippen LogP contribution in [-0.4, -0.2) is 9.97 Å². The van der Waals surface area contributed by atoms with E-state index in [0.717, 1.165) is 17.1 Å². The number of aromatic amines is 1. The van der Waals surface area contributed by atoms with E-state index in [4.69, 9.17) is 5.73 Å². The zero-order valence-electron chi connectivity index (χ0n) is 12.1. The Morgan fingerprint density at radius 1 is 1.14 bits per heavy atom. The van der Waals surface area contributed by atoms with Crippen LogP contribution in [0.25, 0.3) is 22.0 Å². The molecule has 3 aromatic rings. The summed E-state index contributed by atoms with van der Waals surface area (Å²) in [5.41, 5.74) is 8.28. The van der Waals surface area contributed by atoms with E-state index < -0.39 is 0 Å². The number of imidazole rings is 1. The van der Waals surface area contributed by atoms with Gasteiger partial charge in [-0.25, -0.2) is 4.98 Å². The molecule has 0 amide bonds. The lowest BCUT2D eigenvalue weighted by atomic mass is 9.97. The van der Waals surface area contributed by atoms with Gasteiger partial charge in [-0.3, -0.25) is 0 Å². The van der Waals surface area contributed by atoms with Crippen molar-refractivity contribution in [3.05, 3.63) is 54.5 Å². The fraction of sp³-hybridized carbons (Fsp3) is 0.278. The SMILES string of the molecule is CC(N)(c1ncc(-c2ccc3ccccc3c2)[nH]1)C1CC1. The van der Waals surface area contributed by atoms with Gasteiger partial charge >= 0.3 is 0 Å². The van der Waals surface area contributed by atoms with E-state index in [1.165, 1.54) is 23.6 Å². The van der Waals surface area contributed by atoms with E-state index in [2.05, 4.69) is 59.4 Å². The second-order valence-electron chi connectivity index (χ2n) is 6.26. The second-order valence-corrected chi connectivity index (χ2v) is 6.26. The van der Waals surface area contributed by atoms with E-state index >= 15 is 0 Å². The first-order valence-electron chi connectivity index (χ1n) is 7.48. The molecule has 3 nitrogen and oxygen atoms in total. The summed E-state index contributed by atoms with van der Waals surface area (Å²) in [6, 6.07) is 14.9. The fourth-order valence-electron chi connectivity index (χ4n) is 2.97. The van der Waals surface area contributed by atoms with Crippen LogP contribution in [0.2, 0.25) is 0 Å². The second kappa shape index (κ2) is 4.43. The van der Waals surface area contributed by atoms with Gasteiger partial charge in [-0.2, -0.15) is 0 Å². The van der Waals surface area contributed by atoms with Gasteiger partial charge in [-0.15, -0.1) is 0 Å². The third-order valence-electron chi connectivity index (χ3n) is 4.57. The zero-order valence-corrected chi connectivity index (χ0v) is 12.1. The van der Waals surface area contributed by atoms with Crippen LogP contribution >= 0.6 is 0 Å². The maximum absolute atomic E-state index is 6.43. The molecule has 1 heterocycles. The molecule has 0 spiro atoms. The number of benzene rings is 2. The molecule has 4 rings (SSSR count). The van der Waals surface area contributed by atoms with Crippen LogP contribution in [0, 0.1) is 5.92 Å². The van der Waals surface area contributed by atoms with E-state index in [-0.39, 0.29) is 5.54 Å². The largest absolute Gasteiger partial charge is 0.340 e. The molecule has 21 heavy (non-hydrogen) atoms. The molecule has 3 N–H and O–H groups in total. The molecule has 1 atom stereocenters. The molecule has 0 radical (unpaired) electrons. The third-order valence-corrected chi connectivity index (χ3v) is 4.57. The summed E-state index contributed by atoms with van der Waals surface area (Å²) in [4.78, 5) is 7.94. The van der Waals surface area contributed by atoms with Gasteiger partial charge in [0.25, 0.3) is 0 Å². The van der Waals surface area contributed by atoms with Crippen LogP contribution in [0.3, 0.4) is 0 Å². The minimum absolute atomic E-state index is 0.338. The number of nitrogens with two attached hydrogens (primary N) is 1. The topological polar surface area (TPSA) is 54.7 Å². The van der Waals surface area contributed by atoms with E-state index in [9.17, 15) is 0 Å². The Morgan fingerprint density at radius 2 is 1.90 bits per heavy atom. The number of hydrogen-bond donors (Lipinski definition) is 2. The highest BCUT2D eigenvalue weighted by Gasteiger charge is 2.41. The maximum atomic E-state index is 6.43. The molecule has 1 aliphatic rings. The zero-order chi connectivity index (χ0) is 14.4. The Hall–Kier alpha value is -2.13. The highest BCUT2D eigenvalue weighted by atomic mass is 15.0. The minimum Gasteiger partial charge on any atom is -0.340 e. The van der Waals surface area contributed by atoms with Crippen molar-refractivity contribution < 1.29 is 0 Å². The molecule has 2 aromatic carbocycles. The molecule has 1 fully saturated rings. The molecule has 3 heteroatoms. The standard InChI is InChI=1S/C18H19N3/c1-18(19,15-8-9-15)17-20-11-16(21-17)14-7-6-12-4-2-3-5-13(12)10-14/h2-7,10-11,15H,8-9,19H2,1H3,(H,20,21). The van der Waals surface area contributed by atoms with E-state index in [1.807, 2.05) is 6.20 Å². The van der Waals surface area contributed by atoms with Crippen molar-refractivity contribution in [3.8, 4) is 11.3 Å². The van der Waals surface area contributed by atoms with Crippen molar-refractivity contribution in [2.24, 2.45) is 11.7 Å². The van der Waals surface area contributed by atoms with Crippen molar-refractivity contribution in [2.75, 3.05) is 0 Å². The summed E-state index contributed by atoms with van der Waals surface area (Å²) in [6.45, 7) is 2.08. The number of rotatable bonds is 3. The number of nitrogens with one attached hydrogen (secondary N) is 1. The van der Waals surface area contributed by atoms with Gasteiger partial charge in [0.1, 0.15) is 5.82 Å². The summed E-state index contributed by atoms with van der Waals surface area (Å²) >= 11 is 0. The van der Waals surface area contributed by atoms with Crippen molar-refractivity contribution in [1.82, 2.24) is 9.97 Å². The number of H-pyrrole nitrogens is 1. The molecule has 0 saturated heterocycles. The van der Waals surface area contributed by atoms with E-state index in [0.29, 0.717) is 5.92 Å². The quantitative estimate of drug-likeness (QED) is 0.764. The highest BCUT2D eigenvalue weighted by Crippen LogP contribution is 2.43. The average molecular weight is 277 g/mol. The lowest BCUT2D eigenvalue weighted by Gasteiger charge is -2.21. The molecular weight excluding hydrogens is 258 g/mol. The normalized spacial score (nSPS) is 17.8. The van der Waals surface area contributed by atoms with Gasteiger partial charge in [0, 0.05) is 5.56 Å². The molecule has 1 aromatic heterocycles. The molecule has 1 unspecified atom stereocenters. The molecule has 1 saturated carbocycles. The number of nitrogens with zero attached hydrogens (tertiary/aromatic N) is 1. The number of hydrogen-bond acceptors (Lipinski definition) is 2. The summed E-state index contributed by atoms with van der Waals surface area (Å²) < 4.78 is 0. The third kappa shape index (κ3) is 2.14. The predicted molar refractivity (Wildman–Crippen MR) is 85.8 cm³/mol. The highest BCUT2D eigenvalue weighted by molar-refractivity contribution is 5.86. The lowest BCUT2D eigenvalue weighted by molar-refractivity contribution is 0.404. The first-order chi connectivity index (χ1) is 10.1. The fourth-order valence-corrected chi connectivity index (χ4v) is 2.97. The van der Waals surface area contributed by atoms with E-state index in [1.54, 1.807) is 0 Å².